The predicted molar refractivity (Wildman–Crippen MR) is 83.4 cm³/mol. The molecular weight excluding hydrogens is 278 g/mol. The maximum absolute atomic E-state index is 11.6. The number of hydrogen-bond acceptors (Lipinski definition) is 4. The number of rotatable bonds is 0. The third-order valence-electron chi connectivity index (χ3n) is 5.09. The lowest BCUT2D eigenvalue weighted by Gasteiger charge is -2.34. The number of ether oxygens (including phenoxy) is 2. The van der Waals surface area contributed by atoms with Gasteiger partial charge in [-0.05, 0) is 55.8 Å². The van der Waals surface area contributed by atoms with Crippen LogP contribution in [0.1, 0.15) is 30.4 Å². The molecule has 1 spiro atoms. The van der Waals surface area contributed by atoms with Gasteiger partial charge in [0.25, 0.3) is 0 Å². The molecule has 3 aliphatic rings. The summed E-state index contributed by atoms with van der Waals surface area (Å²) in [6.45, 7) is 3.16. The van der Waals surface area contributed by atoms with Crippen molar-refractivity contribution in [3.8, 4) is 11.5 Å². The van der Waals surface area contributed by atoms with Crippen LogP contribution in [0.3, 0.4) is 0 Å². The molecular formula is C18H21NO3. The fraction of sp³-hybridized carbons (Fsp3) is 0.500. The van der Waals surface area contributed by atoms with Crippen LogP contribution in [0.15, 0.2) is 24.3 Å². The highest BCUT2D eigenvalue weighted by molar-refractivity contribution is 5.91. The Morgan fingerprint density at radius 3 is 2.64 bits per heavy atom. The zero-order chi connectivity index (χ0) is 15.2. The first kappa shape index (κ1) is 13.8. The van der Waals surface area contributed by atoms with Crippen LogP contribution in [-0.2, 0) is 16.8 Å². The highest BCUT2D eigenvalue weighted by Crippen LogP contribution is 2.45. The number of carbonyl (C=O) groups is 1. The quantitative estimate of drug-likeness (QED) is 0.737. The van der Waals surface area contributed by atoms with E-state index in [1.165, 1.54) is 11.1 Å². The van der Waals surface area contributed by atoms with Crippen LogP contribution in [0.2, 0.25) is 0 Å². The fourth-order valence-corrected chi connectivity index (χ4v) is 3.82. The molecule has 2 heterocycles. The fourth-order valence-electron chi connectivity index (χ4n) is 3.82. The van der Waals surface area contributed by atoms with Crippen LogP contribution >= 0.6 is 0 Å². The summed E-state index contributed by atoms with van der Waals surface area (Å²) in [6, 6.07) is 4.29. The molecule has 0 unspecified atom stereocenters. The molecule has 0 radical (unpaired) electrons. The number of hydrogen-bond donors (Lipinski definition) is 0. The molecule has 4 rings (SSSR count). The Morgan fingerprint density at radius 1 is 1.14 bits per heavy atom. The second kappa shape index (κ2) is 5.13. The lowest BCUT2D eigenvalue weighted by atomic mass is 9.70. The Morgan fingerprint density at radius 2 is 1.91 bits per heavy atom. The zero-order valence-electron chi connectivity index (χ0n) is 12.9. The monoisotopic (exact) mass is 299 g/mol. The van der Waals surface area contributed by atoms with Crippen LogP contribution in [0, 0.1) is 0 Å². The van der Waals surface area contributed by atoms with E-state index in [1.807, 2.05) is 0 Å². The van der Waals surface area contributed by atoms with Crippen molar-refractivity contribution in [3.63, 3.8) is 0 Å². The predicted octanol–water partition coefficient (Wildman–Crippen LogP) is 2.45. The SMILES string of the molecule is CN1CC[C@@]2(C=CC(=O)CC2)c2cc3c(cc2C1)OCCO3. The number of ketones is 1. The standard InChI is InChI=1S/C18H21NO3/c1-19-7-6-18(4-2-14(20)3-5-18)15-11-17-16(10-13(15)12-19)21-8-9-22-17/h2,4,10-11H,3,5-9,12H2,1H3/t18-/m0/s1. The van der Waals surface area contributed by atoms with Crippen molar-refractivity contribution in [2.75, 3.05) is 26.8 Å². The normalized spacial score (nSPS) is 27.6. The number of benzene rings is 1. The van der Waals surface area contributed by atoms with Gasteiger partial charge in [0.15, 0.2) is 17.3 Å². The molecule has 0 saturated heterocycles. The second-order valence-corrected chi connectivity index (χ2v) is 6.60. The minimum Gasteiger partial charge on any atom is -0.486 e. The van der Waals surface area contributed by atoms with Crippen molar-refractivity contribution in [2.24, 2.45) is 0 Å². The van der Waals surface area contributed by atoms with Gasteiger partial charge in [-0.15, -0.1) is 0 Å². The molecule has 2 aliphatic heterocycles. The van der Waals surface area contributed by atoms with Gasteiger partial charge in [-0.2, -0.15) is 0 Å². The number of nitrogens with zero attached hydrogens (tertiary/aromatic N) is 1. The van der Waals surface area contributed by atoms with E-state index >= 15 is 0 Å². The van der Waals surface area contributed by atoms with Gasteiger partial charge in [-0.3, -0.25) is 4.79 Å². The second-order valence-electron chi connectivity index (χ2n) is 6.60. The molecule has 1 aliphatic carbocycles. The van der Waals surface area contributed by atoms with Gasteiger partial charge in [0, 0.05) is 18.4 Å². The van der Waals surface area contributed by atoms with Gasteiger partial charge in [-0.25, -0.2) is 0 Å². The Balaban J connectivity index is 1.86. The maximum atomic E-state index is 11.6. The molecule has 22 heavy (non-hydrogen) atoms. The summed E-state index contributed by atoms with van der Waals surface area (Å²) in [7, 11) is 2.15. The summed E-state index contributed by atoms with van der Waals surface area (Å²) in [5.41, 5.74) is 2.57. The molecule has 0 saturated carbocycles. The lowest BCUT2D eigenvalue weighted by Crippen LogP contribution is -2.30. The molecule has 0 fully saturated rings. The summed E-state index contributed by atoms with van der Waals surface area (Å²) in [5.74, 6) is 1.94. The average molecular weight is 299 g/mol. The smallest absolute Gasteiger partial charge is 0.161 e. The van der Waals surface area contributed by atoms with E-state index in [0.29, 0.717) is 19.6 Å². The van der Waals surface area contributed by atoms with Crippen LogP contribution < -0.4 is 9.47 Å². The number of fused-ring (bicyclic) bond motifs is 3. The van der Waals surface area contributed by atoms with E-state index in [4.69, 9.17) is 9.47 Å². The van der Waals surface area contributed by atoms with Gasteiger partial charge in [0.1, 0.15) is 13.2 Å². The van der Waals surface area contributed by atoms with E-state index < -0.39 is 0 Å². The number of allylic oxidation sites excluding steroid dienone is 2. The van der Waals surface area contributed by atoms with E-state index in [-0.39, 0.29) is 11.2 Å². The van der Waals surface area contributed by atoms with Crippen molar-refractivity contribution in [1.29, 1.82) is 0 Å². The molecule has 0 bridgehead atoms. The van der Waals surface area contributed by atoms with Crippen LogP contribution in [0.4, 0.5) is 0 Å². The van der Waals surface area contributed by atoms with Crippen LogP contribution in [0.25, 0.3) is 0 Å². The largest absolute Gasteiger partial charge is 0.486 e. The maximum Gasteiger partial charge on any atom is 0.161 e. The van der Waals surface area contributed by atoms with Crippen LogP contribution in [0.5, 0.6) is 11.5 Å². The first-order chi connectivity index (χ1) is 10.7. The molecule has 1 aromatic rings. The van der Waals surface area contributed by atoms with Gasteiger partial charge in [0.05, 0.1) is 0 Å². The Kier molecular flexibility index (Phi) is 3.22. The molecule has 1 atom stereocenters. The lowest BCUT2D eigenvalue weighted by molar-refractivity contribution is -0.115. The third kappa shape index (κ3) is 2.22. The molecule has 116 valence electrons. The third-order valence-corrected chi connectivity index (χ3v) is 5.09. The Hall–Kier alpha value is -1.81. The van der Waals surface area contributed by atoms with Crippen molar-refractivity contribution in [2.45, 2.75) is 31.2 Å². The van der Waals surface area contributed by atoms with Crippen molar-refractivity contribution < 1.29 is 14.3 Å². The van der Waals surface area contributed by atoms with E-state index in [1.54, 1.807) is 6.08 Å². The molecule has 0 N–H and O–H groups in total. The Labute approximate surface area is 130 Å². The first-order valence-corrected chi connectivity index (χ1v) is 8.00. The van der Waals surface area contributed by atoms with Gasteiger partial charge in [0.2, 0.25) is 0 Å². The van der Waals surface area contributed by atoms with Crippen molar-refractivity contribution in [1.82, 2.24) is 4.90 Å². The number of carbonyl (C=O) groups excluding carboxylic acids is 1. The summed E-state index contributed by atoms with van der Waals surface area (Å²) < 4.78 is 11.5. The van der Waals surface area contributed by atoms with E-state index in [9.17, 15) is 4.79 Å². The van der Waals surface area contributed by atoms with Crippen molar-refractivity contribution >= 4 is 5.78 Å². The van der Waals surface area contributed by atoms with Gasteiger partial charge < -0.3 is 14.4 Å². The zero-order valence-corrected chi connectivity index (χ0v) is 12.9. The average Bonchev–Trinajstić information content (AvgIpc) is 2.66. The summed E-state index contributed by atoms with van der Waals surface area (Å²) in [4.78, 5) is 14.0. The summed E-state index contributed by atoms with van der Waals surface area (Å²) in [5, 5.41) is 0. The molecule has 0 amide bonds. The minimum atomic E-state index is -0.0379. The minimum absolute atomic E-state index is 0.0379. The Bertz CT molecular complexity index is 652. The summed E-state index contributed by atoms with van der Waals surface area (Å²) >= 11 is 0. The van der Waals surface area contributed by atoms with Gasteiger partial charge >= 0.3 is 0 Å². The molecule has 4 nitrogen and oxygen atoms in total. The van der Waals surface area contributed by atoms with Crippen molar-refractivity contribution in [3.05, 3.63) is 35.4 Å². The highest BCUT2D eigenvalue weighted by Gasteiger charge is 2.37. The van der Waals surface area contributed by atoms with Crippen LogP contribution in [-0.4, -0.2) is 37.5 Å². The summed E-state index contributed by atoms with van der Waals surface area (Å²) in [6.07, 6.45) is 6.47. The topological polar surface area (TPSA) is 38.8 Å². The van der Waals surface area contributed by atoms with Gasteiger partial charge in [-0.1, -0.05) is 6.08 Å². The molecule has 0 aromatic heterocycles. The first-order valence-electron chi connectivity index (χ1n) is 8.00. The van der Waals surface area contributed by atoms with E-state index in [2.05, 4.69) is 30.2 Å². The van der Waals surface area contributed by atoms with E-state index in [0.717, 1.165) is 37.4 Å². The molecule has 1 aromatic carbocycles. The highest BCUT2D eigenvalue weighted by atomic mass is 16.6. The molecule has 4 heteroatoms.